The first-order valence-corrected chi connectivity index (χ1v) is 7.06. The largest absolute Gasteiger partial charge is 0.465 e. The van der Waals surface area contributed by atoms with Crippen LogP contribution in [-0.2, 0) is 0 Å². The highest BCUT2D eigenvalue weighted by molar-refractivity contribution is 6.02. The van der Waals surface area contributed by atoms with Crippen LogP contribution in [-0.4, -0.2) is 21.1 Å². The fraction of sp³-hybridized carbons (Fsp3) is 0. The topological polar surface area (TPSA) is 141 Å². The molecule has 0 bridgehead atoms. The Morgan fingerprint density at radius 2 is 1.88 bits per heavy atom. The van der Waals surface area contributed by atoms with Gasteiger partial charge in [-0.25, -0.2) is 9.78 Å². The minimum atomic E-state index is -1.20. The van der Waals surface area contributed by atoms with Gasteiger partial charge in [0.1, 0.15) is 5.75 Å². The molecule has 1 aromatic heterocycles. The summed E-state index contributed by atoms with van der Waals surface area (Å²) >= 11 is 0. The number of aromatic nitrogens is 1. The maximum atomic E-state index is 11.2. The number of fused-ring (bicyclic) bond motifs is 1. The zero-order chi connectivity index (χ0) is 18.0. The summed E-state index contributed by atoms with van der Waals surface area (Å²) in [6.45, 7) is 0. The molecule has 0 aliphatic heterocycles. The Hall–Kier alpha value is -3.88. The molecule has 0 fully saturated rings. The van der Waals surface area contributed by atoms with Gasteiger partial charge in [-0.3, -0.25) is 15.4 Å². The number of nitro groups is 1. The van der Waals surface area contributed by atoms with Gasteiger partial charge in [0.05, 0.1) is 10.6 Å². The second-order valence-corrected chi connectivity index (χ2v) is 4.99. The molecule has 0 aliphatic carbocycles. The van der Waals surface area contributed by atoms with Crippen LogP contribution in [0.15, 0.2) is 48.7 Å². The Morgan fingerprint density at radius 1 is 1.16 bits per heavy atom. The van der Waals surface area contributed by atoms with Crippen LogP contribution in [0.5, 0.6) is 11.5 Å². The van der Waals surface area contributed by atoms with Crippen LogP contribution < -0.4 is 15.8 Å². The number of hydrogen-bond acceptors (Lipinski definition) is 6. The number of ether oxygens (including phenoxy) is 1. The van der Waals surface area contributed by atoms with E-state index in [-0.39, 0.29) is 11.6 Å². The lowest BCUT2D eigenvalue weighted by Crippen LogP contribution is -2.07. The van der Waals surface area contributed by atoms with Gasteiger partial charge in [-0.1, -0.05) is 24.3 Å². The van der Waals surface area contributed by atoms with Gasteiger partial charge in [-0.15, -0.1) is 0 Å². The molecule has 9 heteroatoms. The van der Waals surface area contributed by atoms with Crippen LogP contribution in [0.25, 0.3) is 10.8 Å². The summed E-state index contributed by atoms with van der Waals surface area (Å²) in [4.78, 5) is 25.1. The molecule has 2 aromatic carbocycles. The molecule has 1 amide bonds. The first-order chi connectivity index (χ1) is 12.0. The van der Waals surface area contributed by atoms with E-state index >= 15 is 0 Å². The molecule has 25 heavy (non-hydrogen) atoms. The van der Waals surface area contributed by atoms with Crippen molar-refractivity contribution in [2.45, 2.75) is 0 Å². The zero-order valence-electron chi connectivity index (χ0n) is 12.7. The van der Waals surface area contributed by atoms with Crippen molar-refractivity contribution in [2.75, 3.05) is 11.1 Å². The average Bonchev–Trinajstić information content (AvgIpc) is 2.56. The number of rotatable bonds is 4. The van der Waals surface area contributed by atoms with Crippen LogP contribution in [0.4, 0.5) is 22.0 Å². The lowest BCUT2D eigenvalue weighted by molar-refractivity contribution is -0.384. The van der Waals surface area contributed by atoms with Gasteiger partial charge >= 0.3 is 11.8 Å². The fourth-order valence-corrected chi connectivity index (χ4v) is 2.42. The van der Waals surface area contributed by atoms with E-state index in [9.17, 15) is 14.9 Å². The summed E-state index contributed by atoms with van der Waals surface area (Å²) in [5, 5.41) is 23.6. The summed E-state index contributed by atoms with van der Waals surface area (Å²) in [7, 11) is 0. The SMILES string of the molecule is Nc1nccc(Oc2ccc(NC(=O)O)c3ccccc23)c1[N+](=O)[O-]. The second kappa shape index (κ2) is 6.32. The number of anilines is 2. The van der Waals surface area contributed by atoms with Crippen molar-refractivity contribution in [2.24, 2.45) is 0 Å². The van der Waals surface area contributed by atoms with Crippen molar-refractivity contribution in [3.05, 3.63) is 58.8 Å². The maximum Gasteiger partial charge on any atom is 0.409 e. The van der Waals surface area contributed by atoms with Crippen LogP contribution in [0, 0.1) is 10.1 Å². The van der Waals surface area contributed by atoms with Gasteiger partial charge in [-0.05, 0) is 12.1 Å². The molecule has 9 nitrogen and oxygen atoms in total. The number of benzene rings is 2. The van der Waals surface area contributed by atoms with Crippen LogP contribution in [0.2, 0.25) is 0 Å². The van der Waals surface area contributed by atoms with E-state index in [0.29, 0.717) is 22.2 Å². The molecule has 0 radical (unpaired) electrons. The molecule has 126 valence electrons. The van der Waals surface area contributed by atoms with Crippen molar-refractivity contribution in [1.29, 1.82) is 0 Å². The van der Waals surface area contributed by atoms with Crippen molar-refractivity contribution in [3.63, 3.8) is 0 Å². The molecule has 1 heterocycles. The number of carboxylic acid groups (broad SMARTS) is 1. The molecule has 0 saturated heterocycles. The normalized spacial score (nSPS) is 10.4. The Bertz CT molecular complexity index is 989. The maximum absolute atomic E-state index is 11.2. The standard InChI is InChI=1S/C16H12N4O5/c17-15-14(20(23)24)13(7-8-18-15)25-12-6-5-11(19-16(21)22)9-3-1-2-4-10(9)12/h1-8,19H,(H2,17,18)(H,21,22). The summed E-state index contributed by atoms with van der Waals surface area (Å²) < 4.78 is 5.69. The van der Waals surface area contributed by atoms with Gasteiger partial charge in [0.2, 0.25) is 11.6 Å². The van der Waals surface area contributed by atoms with E-state index in [1.54, 1.807) is 24.3 Å². The van der Waals surface area contributed by atoms with Gasteiger partial charge in [-0.2, -0.15) is 0 Å². The van der Waals surface area contributed by atoms with Crippen molar-refractivity contribution in [1.82, 2.24) is 4.98 Å². The Balaban J connectivity index is 2.11. The summed E-state index contributed by atoms with van der Waals surface area (Å²) in [5.74, 6) is 0.0119. The average molecular weight is 340 g/mol. The Kier molecular flexibility index (Phi) is 4.04. The van der Waals surface area contributed by atoms with E-state index in [2.05, 4.69) is 10.3 Å². The summed E-state index contributed by atoms with van der Waals surface area (Å²) in [5.41, 5.74) is 5.50. The number of nitrogens with two attached hydrogens (primary N) is 1. The predicted octanol–water partition coefficient (Wildman–Crippen LogP) is 3.61. The number of nitrogen functional groups attached to an aromatic ring is 1. The predicted molar refractivity (Wildman–Crippen MR) is 91.0 cm³/mol. The van der Waals surface area contributed by atoms with E-state index in [0.717, 1.165) is 0 Å². The minimum absolute atomic E-state index is 0.0541. The Morgan fingerprint density at radius 3 is 2.56 bits per heavy atom. The molecular formula is C16H12N4O5. The second-order valence-electron chi connectivity index (χ2n) is 4.99. The Labute approximate surface area is 140 Å². The van der Waals surface area contributed by atoms with Crippen LogP contribution in [0.1, 0.15) is 0 Å². The number of nitrogens with zero attached hydrogens (tertiary/aromatic N) is 2. The number of hydrogen-bond donors (Lipinski definition) is 3. The van der Waals surface area contributed by atoms with E-state index in [4.69, 9.17) is 15.6 Å². The third-order valence-electron chi connectivity index (χ3n) is 3.44. The molecule has 0 spiro atoms. The smallest absolute Gasteiger partial charge is 0.409 e. The van der Waals surface area contributed by atoms with Crippen molar-refractivity contribution in [3.8, 4) is 11.5 Å². The molecule has 0 unspecified atom stereocenters. The third kappa shape index (κ3) is 3.11. The summed E-state index contributed by atoms with van der Waals surface area (Å²) in [6.07, 6.45) is 0.108. The van der Waals surface area contributed by atoms with E-state index < -0.39 is 16.7 Å². The quantitative estimate of drug-likeness (QED) is 0.486. The highest BCUT2D eigenvalue weighted by atomic mass is 16.6. The fourth-order valence-electron chi connectivity index (χ4n) is 2.42. The molecule has 3 aromatic rings. The van der Waals surface area contributed by atoms with Gasteiger partial charge in [0.25, 0.3) is 0 Å². The molecule has 4 N–H and O–H groups in total. The van der Waals surface area contributed by atoms with Gasteiger partial charge in [0.15, 0.2) is 0 Å². The molecule has 0 atom stereocenters. The number of amides is 1. The van der Waals surface area contributed by atoms with Gasteiger partial charge < -0.3 is 15.6 Å². The molecule has 3 rings (SSSR count). The van der Waals surface area contributed by atoms with E-state index in [1.807, 2.05) is 0 Å². The zero-order valence-corrected chi connectivity index (χ0v) is 12.7. The highest BCUT2D eigenvalue weighted by Gasteiger charge is 2.22. The van der Waals surface area contributed by atoms with Crippen LogP contribution >= 0.6 is 0 Å². The molecular weight excluding hydrogens is 328 g/mol. The molecule has 0 saturated carbocycles. The number of nitrogens with one attached hydrogen (secondary N) is 1. The van der Waals surface area contributed by atoms with Crippen molar-refractivity contribution < 1.29 is 19.6 Å². The lowest BCUT2D eigenvalue weighted by Gasteiger charge is -2.12. The third-order valence-corrected chi connectivity index (χ3v) is 3.44. The lowest BCUT2D eigenvalue weighted by atomic mass is 10.1. The first-order valence-electron chi connectivity index (χ1n) is 7.06. The minimum Gasteiger partial charge on any atom is -0.465 e. The molecule has 0 aliphatic rings. The van der Waals surface area contributed by atoms with E-state index in [1.165, 1.54) is 24.4 Å². The number of pyridine rings is 1. The van der Waals surface area contributed by atoms with Crippen LogP contribution in [0.3, 0.4) is 0 Å². The first kappa shape index (κ1) is 16.0. The number of carbonyl (C=O) groups is 1. The van der Waals surface area contributed by atoms with Gasteiger partial charge in [0, 0.05) is 23.0 Å². The monoisotopic (exact) mass is 340 g/mol. The summed E-state index contributed by atoms with van der Waals surface area (Å²) in [6, 6.07) is 11.3. The highest BCUT2D eigenvalue weighted by Crippen LogP contribution is 2.38. The van der Waals surface area contributed by atoms with Crippen molar-refractivity contribution >= 4 is 34.1 Å².